The summed E-state index contributed by atoms with van der Waals surface area (Å²) in [5, 5.41) is 0.735. The van der Waals surface area contributed by atoms with Gasteiger partial charge in [-0.3, -0.25) is 9.78 Å². The summed E-state index contributed by atoms with van der Waals surface area (Å²) in [5.74, 6) is -0.571. The average molecular weight is 371 g/mol. The lowest BCUT2D eigenvalue weighted by molar-refractivity contribution is 0.0982. The summed E-state index contributed by atoms with van der Waals surface area (Å²) in [6.07, 6.45) is 3.24. The molecule has 0 atom stereocenters. The van der Waals surface area contributed by atoms with Crippen LogP contribution in [0.15, 0.2) is 54.9 Å². The number of fused-ring (bicyclic) bond motifs is 1. The molecule has 0 aliphatic carbocycles. The van der Waals surface area contributed by atoms with Crippen LogP contribution in [0.1, 0.15) is 29.9 Å². The minimum atomic E-state index is -3.84. The third-order valence-electron chi connectivity index (χ3n) is 3.91. The van der Waals surface area contributed by atoms with Gasteiger partial charge in [0.2, 0.25) is 10.0 Å². The van der Waals surface area contributed by atoms with E-state index in [1.807, 2.05) is 28.8 Å². The maximum Gasteiger partial charge on any atom is 0.266 e. The van der Waals surface area contributed by atoms with Gasteiger partial charge in [-0.2, -0.15) is 0 Å². The normalized spacial score (nSPS) is 11.8. The van der Waals surface area contributed by atoms with Crippen LogP contribution in [0.5, 0.6) is 0 Å². The molecule has 1 amide bonds. The van der Waals surface area contributed by atoms with Crippen molar-refractivity contribution in [3.05, 3.63) is 66.1 Å². The highest BCUT2D eigenvalue weighted by atomic mass is 32.2. The Kier molecular flexibility index (Phi) is 5.08. The molecule has 0 fully saturated rings. The molecular weight excluding hydrogens is 350 g/mol. The number of nitrogens with one attached hydrogen (secondary N) is 1. The van der Waals surface area contributed by atoms with Crippen LogP contribution < -0.4 is 4.72 Å². The van der Waals surface area contributed by atoms with Crippen LogP contribution in [-0.4, -0.2) is 23.9 Å². The van der Waals surface area contributed by atoms with Crippen molar-refractivity contribution in [2.24, 2.45) is 5.92 Å². The van der Waals surface area contributed by atoms with Crippen molar-refractivity contribution in [1.29, 1.82) is 0 Å². The number of carbonyl (C=O) groups excluding carboxylic acids is 1. The van der Waals surface area contributed by atoms with Gasteiger partial charge in [-0.05, 0) is 24.1 Å². The third-order valence-corrected chi connectivity index (χ3v) is 5.08. The highest BCUT2D eigenvalue weighted by Gasteiger charge is 2.21. The first-order chi connectivity index (χ1) is 12.4. The van der Waals surface area contributed by atoms with E-state index in [9.17, 15) is 13.2 Å². The highest BCUT2D eigenvalue weighted by Crippen LogP contribution is 2.22. The minimum Gasteiger partial charge on any atom is -0.346 e. The molecule has 7 heteroatoms. The van der Waals surface area contributed by atoms with Crippen molar-refractivity contribution in [3.8, 4) is 0 Å². The number of sulfonamides is 1. The van der Waals surface area contributed by atoms with Crippen LogP contribution in [0.3, 0.4) is 0 Å². The monoisotopic (exact) mass is 371 g/mol. The van der Waals surface area contributed by atoms with E-state index in [4.69, 9.17) is 0 Å². The fraction of sp³-hybridized carbons (Fsp3) is 0.263. The second kappa shape index (κ2) is 7.29. The van der Waals surface area contributed by atoms with Crippen LogP contribution in [-0.2, 0) is 22.3 Å². The number of carbonyl (C=O) groups is 1. The second-order valence-electron chi connectivity index (χ2n) is 6.62. The Morgan fingerprint density at radius 1 is 1.15 bits per heavy atom. The molecule has 0 aliphatic heterocycles. The Bertz CT molecular complexity index is 1020. The summed E-state index contributed by atoms with van der Waals surface area (Å²) in [6, 6.07) is 12.5. The van der Waals surface area contributed by atoms with Gasteiger partial charge in [0.15, 0.2) is 0 Å². The standard InChI is InChI=1S/C19H21N3O3S/c1-14(2)11-22-12-17(16-8-3-4-9-18(16)22)19(23)21-26(24,25)13-15-7-5-6-10-20-15/h3-10,12,14H,11,13H2,1-2H3,(H,21,23). The van der Waals surface area contributed by atoms with Gasteiger partial charge in [0.1, 0.15) is 5.75 Å². The lowest BCUT2D eigenvalue weighted by atomic mass is 10.2. The number of pyridine rings is 1. The first-order valence-electron chi connectivity index (χ1n) is 8.38. The number of hydrogen-bond acceptors (Lipinski definition) is 4. The Balaban J connectivity index is 1.88. The summed E-state index contributed by atoms with van der Waals surface area (Å²) in [6.45, 7) is 4.92. The first kappa shape index (κ1) is 18.1. The molecule has 0 bridgehead atoms. The SMILES string of the molecule is CC(C)Cn1cc(C(=O)NS(=O)(=O)Cc2ccccn2)c2ccccc21. The molecule has 6 nitrogen and oxygen atoms in total. The van der Waals surface area contributed by atoms with Crippen LogP contribution in [0.25, 0.3) is 10.9 Å². The van der Waals surface area contributed by atoms with Crippen molar-refractivity contribution >= 4 is 26.8 Å². The van der Waals surface area contributed by atoms with Crippen LogP contribution in [0.4, 0.5) is 0 Å². The van der Waals surface area contributed by atoms with Crippen molar-refractivity contribution < 1.29 is 13.2 Å². The van der Waals surface area contributed by atoms with Crippen LogP contribution in [0.2, 0.25) is 0 Å². The molecule has 26 heavy (non-hydrogen) atoms. The second-order valence-corrected chi connectivity index (χ2v) is 8.34. The van der Waals surface area contributed by atoms with Gasteiger partial charge in [-0.1, -0.05) is 38.1 Å². The van der Waals surface area contributed by atoms with E-state index in [0.717, 1.165) is 17.4 Å². The van der Waals surface area contributed by atoms with E-state index in [2.05, 4.69) is 23.6 Å². The Morgan fingerprint density at radius 3 is 2.58 bits per heavy atom. The molecule has 0 saturated heterocycles. The molecule has 1 N–H and O–H groups in total. The fourth-order valence-electron chi connectivity index (χ4n) is 2.88. The van der Waals surface area contributed by atoms with E-state index in [1.165, 1.54) is 6.20 Å². The molecule has 0 aliphatic rings. The maximum absolute atomic E-state index is 12.6. The predicted octanol–water partition coefficient (Wildman–Crippen LogP) is 2.95. The molecule has 3 rings (SSSR count). The van der Waals surface area contributed by atoms with Gasteiger partial charge in [0.05, 0.1) is 11.3 Å². The Morgan fingerprint density at radius 2 is 1.88 bits per heavy atom. The van der Waals surface area contributed by atoms with E-state index in [-0.39, 0.29) is 5.75 Å². The zero-order valence-electron chi connectivity index (χ0n) is 14.7. The zero-order valence-corrected chi connectivity index (χ0v) is 15.5. The van der Waals surface area contributed by atoms with E-state index >= 15 is 0 Å². The number of benzene rings is 1. The predicted molar refractivity (Wildman–Crippen MR) is 101 cm³/mol. The summed E-state index contributed by atoms with van der Waals surface area (Å²) in [7, 11) is -3.84. The molecule has 1 aromatic carbocycles. The van der Waals surface area contributed by atoms with E-state index in [1.54, 1.807) is 24.4 Å². The lowest BCUT2D eigenvalue weighted by Crippen LogP contribution is -2.31. The fourth-order valence-corrected chi connectivity index (χ4v) is 3.91. The highest BCUT2D eigenvalue weighted by molar-refractivity contribution is 7.89. The summed E-state index contributed by atoms with van der Waals surface area (Å²) in [5.41, 5.74) is 1.65. The number of para-hydroxylation sites is 1. The van der Waals surface area contributed by atoms with Gasteiger partial charge in [-0.15, -0.1) is 0 Å². The van der Waals surface area contributed by atoms with Crippen LogP contribution in [0, 0.1) is 5.92 Å². The van der Waals surface area contributed by atoms with Gasteiger partial charge in [-0.25, -0.2) is 13.1 Å². The Hall–Kier alpha value is -2.67. The number of hydrogen-bond donors (Lipinski definition) is 1. The number of rotatable bonds is 6. The quantitative estimate of drug-likeness (QED) is 0.722. The number of amides is 1. The van der Waals surface area contributed by atoms with Gasteiger partial charge < -0.3 is 4.57 Å². The maximum atomic E-state index is 12.6. The number of aromatic nitrogens is 2. The Labute approximate surface area is 152 Å². The third kappa shape index (κ3) is 4.11. The first-order valence-corrected chi connectivity index (χ1v) is 10.0. The molecule has 0 spiro atoms. The molecule has 3 aromatic rings. The summed E-state index contributed by atoms with van der Waals surface area (Å²) in [4.78, 5) is 16.6. The zero-order chi connectivity index (χ0) is 18.7. The van der Waals surface area contributed by atoms with Gasteiger partial charge in [0.25, 0.3) is 5.91 Å². The molecule has 0 radical (unpaired) electrons. The van der Waals surface area contributed by atoms with Crippen molar-refractivity contribution in [3.63, 3.8) is 0 Å². The molecule has 136 valence electrons. The smallest absolute Gasteiger partial charge is 0.266 e. The lowest BCUT2D eigenvalue weighted by Gasteiger charge is -2.07. The van der Waals surface area contributed by atoms with Crippen molar-refractivity contribution in [2.75, 3.05) is 0 Å². The minimum absolute atomic E-state index is 0.343. The topological polar surface area (TPSA) is 81.1 Å². The van der Waals surface area contributed by atoms with Gasteiger partial charge in [0, 0.05) is 29.8 Å². The van der Waals surface area contributed by atoms with Crippen LogP contribution >= 0.6 is 0 Å². The average Bonchev–Trinajstić information content (AvgIpc) is 2.93. The summed E-state index contributed by atoms with van der Waals surface area (Å²) >= 11 is 0. The van der Waals surface area contributed by atoms with Gasteiger partial charge >= 0.3 is 0 Å². The molecular formula is C19H21N3O3S. The molecule has 2 aromatic heterocycles. The van der Waals surface area contributed by atoms with E-state index < -0.39 is 15.9 Å². The largest absolute Gasteiger partial charge is 0.346 e. The summed E-state index contributed by atoms with van der Waals surface area (Å²) < 4.78 is 28.8. The van der Waals surface area contributed by atoms with E-state index in [0.29, 0.717) is 17.2 Å². The van der Waals surface area contributed by atoms with Crippen molar-refractivity contribution in [1.82, 2.24) is 14.3 Å². The molecule has 2 heterocycles. The van der Waals surface area contributed by atoms with Crippen molar-refractivity contribution in [2.45, 2.75) is 26.1 Å². The number of nitrogens with zero attached hydrogens (tertiary/aromatic N) is 2. The molecule has 0 unspecified atom stereocenters. The molecule has 0 saturated carbocycles.